The molecular formula is C18H23NO4. The van der Waals surface area contributed by atoms with E-state index >= 15 is 0 Å². The van der Waals surface area contributed by atoms with Crippen LogP contribution in [0.4, 0.5) is 0 Å². The van der Waals surface area contributed by atoms with Crippen molar-refractivity contribution < 1.29 is 25.8 Å². The Bertz CT molecular complexity index is 588. The fraction of sp³-hybridized carbons (Fsp3) is 0.278. The number of aliphatic hydroxyl groups excluding tert-OH is 2. The van der Waals surface area contributed by atoms with Crippen molar-refractivity contribution in [2.24, 2.45) is 0 Å². The highest BCUT2D eigenvalue weighted by atomic mass is 16.4. The van der Waals surface area contributed by atoms with Gasteiger partial charge in [0.05, 0.1) is 13.2 Å². The Morgan fingerprint density at radius 1 is 1.00 bits per heavy atom. The van der Waals surface area contributed by atoms with Crippen molar-refractivity contribution in [1.29, 1.82) is 0 Å². The van der Waals surface area contributed by atoms with E-state index in [-0.39, 0.29) is 19.6 Å². The summed E-state index contributed by atoms with van der Waals surface area (Å²) in [6.45, 7) is 1.56. The molecule has 0 unspecified atom stereocenters. The van der Waals surface area contributed by atoms with Gasteiger partial charge in [0.15, 0.2) is 0 Å². The van der Waals surface area contributed by atoms with E-state index in [1.165, 1.54) is 0 Å². The Kier molecular flexibility index (Phi) is 7.41. The first-order valence-corrected chi connectivity index (χ1v) is 7.29. The second kappa shape index (κ2) is 9.05. The molecule has 0 aromatic heterocycles. The largest absolute Gasteiger partial charge is 0.550 e. The molecular weight excluding hydrogens is 294 g/mol. The lowest BCUT2D eigenvalue weighted by Gasteiger charge is -2.12. The van der Waals surface area contributed by atoms with Crippen molar-refractivity contribution >= 4 is 5.97 Å². The third kappa shape index (κ3) is 7.06. The van der Waals surface area contributed by atoms with Crippen LogP contribution in [-0.4, -0.2) is 34.9 Å². The Morgan fingerprint density at radius 3 is 1.87 bits per heavy atom. The Labute approximate surface area is 136 Å². The van der Waals surface area contributed by atoms with Crippen molar-refractivity contribution in [2.45, 2.75) is 18.9 Å². The third-order valence-corrected chi connectivity index (χ3v) is 3.17. The first-order chi connectivity index (χ1) is 10.9. The summed E-state index contributed by atoms with van der Waals surface area (Å²) in [4.78, 5) is 10.4. The molecule has 5 heteroatoms. The number of carbonyl (C=O) groups is 1. The molecule has 0 aliphatic heterocycles. The van der Waals surface area contributed by atoms with Crippen molar-refractivity contribution in [3.63, 3.8) is 0 Å². The van der Waals surface area contributed by atoms with Gasteiger partial charge in [-0.15, -0.1) is 0 Å². The maximum absolute atomic E-state index is 10.4. The molecule has 0 saturated heterocycles. The number of hydrogen-bond acceptors (Lipinski definition) is 4. The number of aliphatic carboxylic acids is 1. The van der Waals surface area contributed by atoms with Gasteiger partial charge in [0, 0.05) is 12.4 Å². The number of carboxylic acid groups (broad SMARTS) is 1. The lowest BCUT2D eigenvalue weighted by atomic mass is 10.0. The Morgan fingerprint density at radius 2 is 1.48 bits per heavy atom. The van der Waals surface area contributed by atoms with Crippen LogP contribution in [0.15, 0.2) is 54.6 Å². The van der Waals surface area contributed by atoms with E-state index in [2.05, 4.69) is 5.73 Å². The smallest absolute Gasteiger partial charge is 0.138 e. The van der Waals surface area contributed by atoms with E-state index in [1.54, 1.807) is 6.92 Å². The van der Waals surface area contributed by atoms with Gasteiger partial charge < -0.3 is 25.8 Å². The van der Waals surface area contributed by atoms with Crippen molar-refractivity contribution in [3.8, 4) is 11.1 Å². The number of carbonyl (C=O) groups excluding carboxylic acids is 1. The summed E-state index contributed by atoms with van der Waals surface area (Å²) in [7, 11) is 0. The van der Waals surface area contributed by atoms with Gasteiger partial charge in [0.2, 0.25) is 0 Å². The fourth-order valence-corrected chi connectivity index (χ4v) is 1.66. The van der Waals surface area contributed by atoms with Gasteiger partial charge in [-0.25, -0.2) is 0 Å². The molecule has 124 valence electrons. The lowest BCUT2D eigenvalue weighted by molar-refractivity contribution is -0.483. The average Bonchev–Trinajstić information content (AvgIpc) is 2.56. The Hall–Kier alpha value is -2.21. The third-order valence-electron chi connectivity index (χ3n) is 3.17. The number of quaternary nitrogens is 1. The van der Waals surface area contributed by atoms with Crippen molar-refractivity contribution in [1.82, 2.24) is 0 Å². The number of aliphatic hydroxyl groups is 2. The van der Waals surface area contributed by atoms with Gasteiger partial charge in [0.1, 0.15) is 5.54 Å². The molecule has 0 amide bonds. The maximum Gasteiger partial charge on any atom is 0.138 e. The van der Waals surface area contributed by atoms with Crippen LogP contribution in [0, 0.1) is 0 Å². The summed E-state index contributed by atoms with van der Waals surface area (Å²) in [6, 6.07) is 17.4. The molecule has 0 spiro atoms. The van der Waals surface area contributed by atoms with Crippen LogP contribution in [0.2, 0.25) is 0 Å². The number of carboxylic acids is 1. The van der Waals surface area contributed by atoms with Gasteiger partial charge in [0.25, 0.3) is 0 Å². The molecule has 23 heavy (non-hydrogen) atoms. The van der Waals surface area contributed by atoms with Gasteiger partial charge >= 0.3 is 0 Å². The highest BCUT2D eigenvalue weighted by Crippen LogP contribution is 2.19. The molecule has 0 atom stereocenters. The van der Waals surface area contributed by atoms with E-state index in [4.69, 9.17) is 10.2 Å². The summed E-state index contributed by atoms with van der Waals surface area (Å²) < 4.78 is 0. The van der Waals surface area contributed by atoms with E-state index in [0.717, 1.165) is 16.7 Å². The van der Waals surface area contributed by atoms with Crippen LogP contribution in [0.1, 0.15) is 12.5 Å². The van der Waals surface area contributed by atoms with Gasteiger partial charge in [-0.05, 0) is 23.6 Å². The summed E-state index contributed by atoms with van der Waals surface area (Å²) in [5, 5.41) is 27.2. The summed E-state index contributed by atoms with van der Waals surface area (Å²) >= 11 is 0. The van der Waals surface area contributed by atoms with E-state index in [9.17, 15) is 9.90 Å². The molecule has 0 radical (unpaired) electrons. The fourth-order valence-electron chi connectivity index (χ4n) is 1.66. The predicted octanol–water partition coefficient (Wildman–Crippen LogP) is -0.382. The van der Waals surface area contributed by atoms with Crippen LogP contribution in [0.3, 0.4) is 0 Å². The molecule has 2 rings (SSSR count). The first-order valence-electron chi connectivity index (χ1n) is 7.29. The van der Waals surface area contributed by atoms with Crippen molar-refractivity contribution in [3.05, 3.63) is 60.2 Å². The molecule has 0 saturated carbocycles. The standard InChI is InChI=1S/C14H12O2.C4H11NO2/c15-14(16)10-11-6-8-13(9-7-11)12-4-2-1-3-5-12;1-4(5,2-6)3-7/h1-9H,10H2,(H,15,16);6-7H,2-3,5H2,1H3. The predicted molar refractivity (Wildman–Crippen MR) is 86.1 cm³/mol. The SMILES string of the molecule is CC([NH3+])(CO)CO.O=C([O-])Cc1ccc(-c2ccccc2)cc1. The quantitative estimate of drug-likeness (QED) is 0.698. The number of hydrogen-bond donors (Lipinski definition) is 3. The monoisotopic (exact) mass is 317 g/mol. The summed E-state index contributed by atoms with van der Waals surface area (Å²) in [5.41, 5.74) is 5.93. The molecule has 5 N–H and O–H groups in total. The van der Waals surface area contributed by atoms with Crippen LogP contribution >= 0.6 is 0 Å². The van der Waals surface area contributed by atoms with Crippen LogP contribution < -0.4 is 10.8 Å². The maximum atomic E-state index is 10.4. The molecule has 0 aliphatic carbocycles. The second-order valence-corrected chi connectivity index (χ2v) is 5.74. The van der Waals surface area contributed by atoms with Gasteiger partial charge in [-0.2, -0.15) is 0 Å². The molecule has 0 fully saturated rings. The topological polar surface area (TPSA) is 108 Å². The van der Waals surface area contributed by atoms with Gasteiger partial charge in [-0.3, -0.25) is 0 Å². The minimum absolute atomic E-state index is 0.0327. The van der Waals surface area contributed by atoms with E-state index in [1.807, 2.05) is 54.6 Å². The lowest BCUT2D eigenvalue weighted by Crippen LogP contribution is -2.74. The number of rotatable bonds is 5. The zero-order valence-corrected chi connectivity index (χ0v) is 13.2. The molecule has 0 bridgehead atoms. The number of benzene rings is 2. The minimum atomic E-state index is -1.05. The average molecular weight is 317 g/mol. The minimum Gasteiger partial charge on any atom is -0.550 e. The molecule has 2 aromatic carbocycles. The van der Waals surface area contributed by atoms with Crippen LogP contribution in [0.5, 0.6) is 0 Å². The zero-order valence-electron chi connectivity index (χ0n) is 13.2. The molecule has 5 nitrogen and oxygen atoms in total. The van der Waals surface area contributed by atoms with Crippen LogP contribution in [0.25, 0.3) is 11.1 Å². The van der Waals surface area contributed by atoms with Crippen LogP contribution in [-0.2, 0) is 11.2 Å². The molecule has 0 heterocycles. The zero-order chi connectivity index (χ0) is 17.3. The van der Waals surface area contributed by atoms with E-state index in [0.29, 0.717) is 0 Å². The van der Waals surface area contributed by atoms with Crippen molar-refractivity contribution in [2.75, 3.05) is 13.2 Å². The normalized spacial score (nSPS) is 10.6. The summed E-state index contributed by atoms with van der Waals surface area (Å²) in [6.07, 6.45) is -0.0327. The van der Waals surface area contributed by atoms with E-state index < -0.39 is 11.5 Å². The highest BCUT2D eigenvalue weighted by Gasteiger charge is 2.18. The summed E-state index contributed by atoms with van der Waals surface area (Å²) in [5.74, 6) is -1.05. The first kappa shape index (κ1) is 18.8. The molecule has 2 aromatic rings. The highest BCUT2D eigenvalue weighted by molar-refractivity contribution is 5.69. The molecule has 0 aliphatic rings. The Balaban J connectivity index is 0.000000322. The second-order valence-electron chi connectivity index (χ2n) is 5.74. The van der Waals surface area contributed by atoms with Gasteiger partial charge in [-0.1, -0.05) is 54.6 Å².